The summed E-state index contributed by atoms with van der Waals surface area (Å²) >= 11 is 0. The van der Waals surface area contributed by atoms with E-state index in [0.717, 1.165) is 6.42 Å². The molecule has 0 spiro atoms. The van der Waals surface area contributed by atoms with E-state index in [2.05, 4.69) is 0 Å². The number of hydrogen-bond donors (Lipinski definition) is 1. The highest BCUT2D eigenvalue weighted by Gasteiger charge is 2.35. The Balaban J connectivity index is 2.24. The zero-order valence-corrected chi connectivity index (χ0v) is 9.85. The second kappa shape index (κ2) is 4.67. The second-order valence-corrected chi connectivity index (χ2v) is 4.28. The molecule has 1 heterocycles. The van der Waals surface area contributed by atoms with Crippen LogP contribution in [0.25, 0.3) is 0 Å². The van der Waals surface area contributed by atoms with Gasteiger partial charge in [-0.15, -0.1) is 0 Å². The molecule has 1 unspecified atom stereocenters. The van der Waals surface area contributed by atoms with Gasteiger partial charge in [-0.25, -0.2) is 0 Å². The summed E-state index contributed by atoms with van der Waals surface area (Å²) in [6, 6.07) is 6.93. The molecule has 1 aromatic rings. The molecule has 1 aliphatic heterocycles. The van der Waals surface area contributed by atoms with Gasteiger partial charge in [-0.3, -0.25) is 14.5 Å². The van der Waals surface area contributed by atoms with Crippen LogP contribution in [0, 0.1) is 5.92 Å². The smallest absolute Gasteiger partial charge is 0.261 e. The number of carbonyl (C=O) groups is 2. The first kappa shape index (κ1) is 11.8. The summed E-state index contributed by atoms with van der Waals surface area (Å²) in [7, 11) is 0. The van der Waals surface area contributed by atoms with Crippen LogP contribution in [-0.4, -0.2) is 29.8 Å². The first-order valence-electron chi connectivity index (χ1n) is 5.84. The van der Waals surface area contributed by atoms with Crippen LogP contribution in [0.5, 0.6) is 0 Å². The van der Waals surface area contributed by atoms with E-state index in [-0.39, 0.29) is 17.7 Å². The van der Waals surface area contributed by atoms with Crippen molar-refractivity contribution in [2.24, 2.45) is 11.7 Å². The minimum Gasteiger partial charge on any atom is -0.330 e. The fraction of sp³-hybridized carbons (Fsp3) is 0.385. The SMILES string of the molecule is CCC(CN)CN1C(=O)c2ccccc2C1=O. The average Bonchev–Trinajstić information content (AvgIpc) is 2.61. The van der Waals surface area contributed by atoms with Crippen molar-refractivity contribution >= 4 is 11.8 Å². The molecular weight excluding hydrogens is 216 g/mol. The number of fused-ring (bicyclic) bond motifs is 1. The normalized spacial score (nSPS) is 16.2. The average molecular weight is 232 g/mol. The van der Waals surface area contributed by atoms with Crippen molar-refractivity contribution in [3.63, 3.8) is 0 Å². The fourth-order valence-corrected chi connectivity index (χ4v) is 2.03. The van der Waals surface area contributed by atoms with Gasteiger partial charge in [0.05, 0.1) is 11.1 Å². The summed E-state index contributed by atoms with van der Waals surface area (Å²) in [6.45, 7) is 2.92. The molecule has 4 heteroatoms. The highest BCUT2D eigenvalue weighted by atomic mass is 16.2. The number of nitrogens with two attached hydrogens (primary N) is 1. The summed E-state index contributed by atoms with van der Waals surface area (Å²) in [5, 5.41) is 0. The van der Waals surface area contributed by atoms with Crippen molar-refractivity contribution in [2.45, 2.75) is 13.3 Å². The number of benzene rings is 1. The van der Waals surface area contributed by atoms with Crippen molar-refractivity contribution in [3.05, 3.63) is 35.4 Å². The lowest BCUT2D eigenvalue weighted by molar-refractivity contribution is 0.0629. The van der Waals surface area contributed by atoms with Crippen LogP contribution in [0.1, 0.15) is 34.1 Å². The molecule has 17 heavy (non-hydrogen) atoms. The molecule has 0 bridgehead atoms. The van der Waals surface area contributed by atoms with E-state index in [1.54, 1.807) is 24.3 Å². The molecular formula is C13H16N2O2. The Bertz CT molecular complexity index is 417. The molecule has 2 N–H and O–H groups in total. The zero-order valence-electron chi connectivity index (χ0n) is 9.85. The third-order valence-electron chi connectivity index (χ3n) is 3.23. The number of carbonyl (C=O) groups excluding carboxylic acids is 2. The van der Waals surface area contributed by atoms with E-state index >= 15 is 0 Å². The van der Waals surface area contributed by atoms with Crippen LogP contribution in [-0.2, 0) is 0 Å². The van der Waals surface area contributed by atoms with Crippen LogP contribution in [0.15, 0.2) is 24.3 Å². The number of nitrogens with zero attached hydrogens (tertiary/aromatic N) is 1. The van der Waals surface area contributed by atoms with Crippen molar-refractivity contribution < 1.29 is 9.59 Å². The van der Waals surface area contributed by atoms with Gasteiger partial charge in [0.2, 0.25) is 0 Å². The Morgan fingerprint density at radius 3 is 2.12 bits per heavy atom. The molecule has 4 nitrogen and oxygen atoms in total. The van der Waals surface area contributed by atoms with Crippen molar-refractivity contribution in [3.8, 4) is 0 Å². The quantitative estimate of drug-likeness (QED) is 0.795. The van der Waals surface area contributed by atoms with Crippen molar-refractivity contribution in [1.82, 2.24) is 4.90 Å². The maximum atomic E-state index is 12.0. The standard InChI is InChI=1S/C13H16N2O2/c1-2-9(7-14)8-15-12(16)10-5-3-4-6-11(10)13(15)17/h3-6,9H,2,7-8,14H2,1H3. The molecule has 1 atom stereocenters. The molecule has 0 saturated carbocycles. The van der Waals surface area contributed by atoms with Gasteiger partial charge in [0.1, 0.15) is 0 Å². The number of rotatable bonds is 4. The summed E-state index contributed by atoms with van der Waals surface area (Å²) < 4.78 is 0. The summed E-state index contributed by atoms with van der Waals surface area (Å²) in [5.74, 6) is -0.216. The van der Waals surface area contributed by atoms with Crippen molar-refractivity contribution in [1.29, 1.82) is 0 Å². The maximum absolute atomic E-state index is 12.0. The highest BCUT2D eigenvalue weighted by Crippen LogP contribution is 2.23. The Labute approximate surface area is 100 Å². The van der Waals surface area contributed by atoms with Crippen LogP contribution in [0.4, 0.5) is 0 Å². The van der Waals surface area contributed by atoms with Gasteiger partial charge in [-0.2, -0.15) is 0 Å². The molecule has 0 radical (unpaired) electrons. The van der Waals surface area contributed by atoms with E-state index in [1.165, 1.54) is 4.90 Å². The zero-order chi connectivity index (χ0) is 12.4. The molecule has 0 fully saturated rings. The monoisotopic (exact) mass is 232 g/mol. The van der Waals surface area contributed by atoms with E-state index in [0.29, 0.717) is 24.2 Å². The van der Waals surface area contributed by atoms with Crippen LogP contribution in [0.3, 0.4) is 0 Å². The Morgan fingerprint density at radius 1 is 1.18 bits per heavy atom. The van der Waals surface area contributed by atoms with Gasteiger partial charge in [0.15, 0.2) is 0 Å². The number of imide groups is 1. The van der Waals surface area contributed by atoms with Gasteiger partial charge < -0.3 is 5.73 Å². The van der Waals surface area contributed by atoms with Gasteiger partial charge in [0.25, 0.3) is 11.8 Å². The predicted molar refractivity (Wildman–Crippen MR) is 64.6 cm³/mol. The topological polar surface area (TPSA) is 63.4 Å². The van der Waals surface area contributed by atoms with Gasteiger partial charge in [0, 0.05) is 6.54 Å². The Hall–Kier alpha value is -1.68. The minimum absolute atomic E-state index is 0.178. The van der Waals surface area contributed by atoms with Gasteiger partial charge in [-0.1, -0.05) is 25.5 Å². The lowest BCUT2D eigenvalue weighted by Crippen LogP contribution is -2.36. The fourth-order valence-electron chi connectivity index (χ4n) is 2.03. The molecule has 2 rings (SSSR count). The molecule has 0 aliphatic carbocycles. The van der Waals surface area contributed by atoms with Crippen molar-refractivity contribution in [2.75, 3.05) is 13.1 Å². The summed E-state index contributed by atoms with van der Waals surface area (Å²) in [4.78, 5) is 25.4. The number of hydrogen-bond acceptors (Lipinski definition) is 3. The highest BCUT2D eigenvalue weighted by molar-refractivity contribution is 6.21. The summed E-state index contributed by atoms with van der Waals surface area (Å²) in [5.41, 5.74) is 6.62. The van der Waals surface area contributed by atoms with E-state index < -0.39 is 0 Å². The maximum Gasteiger partial charge on any atom is 0.261 e. The first-order valence-corrected chi connectivity index (χ1v) is 5.84. The first-order chi connectivity index (χ1) is 8.19. The molecule has 90 valence electrons. The Morgan fingerprint density at radius 2 is 1.71 bits per heavy atom. The third kappa shape index (κ3) is 1.96. The lowest BCUT2D eigenvalue weighted by atomic mass is 10.1. The van der Waals surface area contributed by atoms with Crippen LogP contribution in [0.2, 0.25) is 0 Å². The number of amides is 2. The third-order valence-corrected chi connectivity index (χ3v) is 3.23. The van der Waals surface area contributed by atoms with Crippen LogP contribution < -0.4 is 5.73 Å². The molecule has 1 aromatic carbocycles. The van der Waals surface area contributed by atoms with E-state index in [9.17, 15) is 9.59 Å². The van der Waals surface area contributed by atoms with E-state index in [1.807, 2.05) is 6.92 Å². The molecule has 0 saturated heterocycles. The molecule has 0 aromatic heterocycles. The molecule has 2 amide bonds. The van der Waals surface area contributed by atoms with Crippen LogP contribution >= 0.6 is 0 Å². The van der Waals surface area contributed by atoms with E-state index in [4.69, 9.17) is 5.73 Å². The predicted octanol–water partition coefficient (Wildman–Crippen LogP) is 1.27. The molecule has 1 aliphatic rings. The largest absolute Gasteiger partial charge is 0.330 e. The minimum atomic E-state index is -0.197. The summed E-state index contributed by atoms with van der Waals surface area (Å²) in [6.07, 6.45) is 0.865. The Kier molecular flexibility index (Phi) is 3.24. The second-order valence-electron chi connectivity index (χ2n) is 4.28. The van der Waals surface area contributed by atoms with Gasteiger partial charge >= 0.3 is 0 Å². The lowest BCUT2D eigenvalue weighted by Gasteiger charge is -2.19. The van der Waals surface area contributed by atoms with Gasteiger partial charge in [-0.05, 0) is 24.6 Å².